The minimum absolute atomic E-state index is 0.112. The predicted molar refractivity (Wildman–Crippen MR) is 90.5 cm³/mol. The van der Waals surface area contributed by atoms with Crippen LogP contribution < -0.4 is 0 Å². The van der Waals surface area contributed by atoms with Crippen LogP contribution in [0.1, 0.15) is 50.4 Å². The number of rotatable bonds is 5. The molecule has 4 heterocycles. The van der Waals surface area contributed by atoms with E-state index in [0.717, 1.165) is 6.42 Å². The van der Waals surface area contributed by atoms with Crippen LogP contribution in [0, 0.1) is 0 Å². The Hall–Kier alpha value is -2.46. The van der Waals surface area contributed by atoms with Crippen molar-refractivity contribution in [1.29, 1.82) is 0 Å². The van der Waals surface area contributed by atoms with Crippen molar-refractivity contribution < 1.29 is 17.4 Å². The monoisotopic (exact) mass is 377 g/mol. The normalized spacial score (nSPS) is 18.8. The van der Waals surface area contributed by atoms with Gasteiger partial charge in [-0.1, -0.05) is 19.0 Å². The summed E-state index contributed by atoms with van der Waals surface area (Å²) in [6.45, 7) is 4.29. The molecule has 1 aliphatic heterocycles. The van der Waals surface area contributed by atoms with Gasteiger partial charge >= 0.3 is 0 Å². The smallest absolute Gasteiger partial charge is 0.277 e. The van der Waals surface area contributed by atoms with Crippen LogP contribution in [0.3, 0.4) is 0 Å². The minimum atomic E-state index is -3.81. The van der Waals surface area contributed by atoms with Crippen LogP contribution >= 0.6 is 0 Å². The molecule has 0 aliphatic carbocycles. The molecule has 4 rings (SSSR count). The summed E-state index contributed by atoms with van der Waals surface area (Å²) >= 11 is 0. The van der Waals surface area contributed by atoms with Gasteiger partial charge in [-0.15, -0.1) is 0 Å². The van der Waals surface area contributed by atoms with Crippen LogP contribution in [0.4, 0.5) is 0 Å². The number of H-pyrrole nitrogens is 1. The van der Waals surface area contributed by atoms with Gasteiger partial charge in [0.15, 0.2) is 11.6 Å². The summed E-state index contributed by atoms with van der Waals surface area (Å²) < 4.78 is 38.4. The van der Waals surface area contributed by atoms with Gasteiger partial charge in [-0.05, 0) is 31.0 Å². The topological polar surface area (TPSA) is 118 Å². The first-order valence-corrected chi connectivity index (χ1v) is 9.86. The number of aromatic nitrogens is 4. The Labute approximate surface area is 150 Å². The Morgan fingerprint density at radius 3 is 2.85 bits per heavy atom. The lowest BCUT2D eigenvalue weighted by atomic mass is 10.2. The van der Waals surface area contributed by atoms with E-state index in [1.807, 2.05) is 13.8 Å². The maximum atomic E-state index is 13.1. The number of sulfonamides is 1. The largest absolute Gasteiger partial charge is 0.442 e. The summed E-state index contributed by atoms with van der Waals surface area (Å²) in [6, 6.07) is 4.30. The molecule has 1 N–H and O–H groups in total. The van der Waals surface area contributed by atoms with Gasteiger partial charge in [0.05, 0.1) is 0 Å². The molecule has 0 amide bonds. The first-order chi connectivity index (χ1) is 12.5. The Bertz CT molecular complexity index is 990. The molecular weight excluding hydrogens is 358 g/mol. The summed E-state index contributed by atoms with van der Waals surface area (Å²) in [7, 11) is -3.81. The lowest BCUT2D eigenvalue weighted by Crippen LogP contribution is -2.30. The van der Waals surface area contributed by atoms with Crippen LogP contribution in [0.25, 0.3) is 11.5 Å². The maximum absolute atomic E-state index is 13.1. The number of nitrogens with zero attached hydrogens (tertiary/aromatic N) is 4. The fourth-order valence-corrected chi connectivity index (χ4v) is 4.57. The molecule has 0 spiro atoms. The highest BCUT2D eigenvalue weighted by molar-refractivity contribution is 7.89. The van der Waals surface area contributed by atoms with Crippen molar-refractivity contribution in [3.63, 3.8) is 0 Å². The van der Waals surface area contributed by atoms with Gasteiger partial charge in [-0.2, -0.15) is 14.4 Å². The lowest BCUT2D eigenvalue weighted by Gasteiger charge is -2.19. The number of hydrogen-bond acceptors (Lipinski definition) is 7. The summed E-state index contributed by atoms with van der Waals surface area (Å²) in [5.41, 5.74) is 0.614. The third kappa shape index (κ3) is 2.84. The first kappa shape index (κ1) is 17.0. The highest BCUT2D eigenvalue weighted by Gasteiger charge is 2.41. The van der Waals surface area contributed by atoms with Gasteiger partial charge in [-0.25, -0.2) is 8.42 Å². The Balaban J connectivity index is 1.64. The third-order valence-corrected chi connectivity index (χ3v) is 6.16. The molecule has 1 fully saturated rings. The van der Waals surface area contributed by atoms with Gasteiger partial charge in [0.2, 0.25) is 11.0 Å². The van der Waals surface area contributed by atoms with Crippen molar-refractivity contribution in [2.45, 2.75) is 43.7 Å². The molecule has 0 radical (unpaired) electrons. The minimum Gasteiger partial charge on any atom is -0.442 e. The van der Waals surface area contributed by atoms with E-state index in [1.165, 1.54) is 10.4 Å². The quantitative estimate of drug-likeness (QED) is 0.726. The van der Waals surface area contributed by atoms with Gasteiger partial charge in [-0.3, -0.25) is 5.10 Å². The zero-order valence-corrected chi connectivity index (χ0v) is 15.2. The Morgan fingerprint density at radius 1 is 1.31 bits per heavy atom. The molecule has 0 bridgehead atoms. The molecule has 1 atom stereocenters. The molecule has 10 heteroatoms. The molecular formula is C16H19N5O4S. The van der Waals surface area contributed by atoms with E-state index >= 15 is 0 Å². The fourth-order valence-electron chi connectivity index (χ4n) is 3.00. The fraction of sp³-hybridized carbons (Fsp3) is 0.438. The van der Waals surface area contributed by atoms with Crippen LogP contribution in [0.5, 0.6) is 0 Å². The van der Waals surface area contributed by atoms with Crippen molar-refractivity contribution in [3.05, 3.63) is 36.1 Å². The van der Waals surface area contributed by atoms with E-state index in [-0.39, 0.29) is 11.0 Å². The van der Waals surface area contributed by atoms with Crippen molar-refractivity contribution >= 4 is 10.0 Å². The highest BCUT2D eigenvalue weighted by atomic mass is 32.2. The van der Waals surface area contributed by atoms with Crippen molar-refractivity contribution in [1.82, 2.24) is 24.6 Å². The zero-order chi connectivity index (χ0) is 18.3. The molecule has 138 valence electrons. The van der Waals surface area contributed by atoms with E-state index < -0.39 is 16.1 Å². The molecule has 1 aliphatic rings. The standard InChI is InChI=1S/C16H19N5O4S/c1-10(2)15-18-16(25-20-15)12-4-3-9-21(12)26(22,23)14-6-5-13(24-14)11-7-8-17-19-11/h5-8,10,12H,3-4,9H2,1-2H3,(H,17,19)/t12-/m0/s1. The molecule has 9 nitrogen and oxygen atoms in total. The van der Waals surface area contributed by atoms with Crippen LogP contribution in [0.15, 0.2) is 38.4 Å². The summed E-state index contributed by atoms with van der Waals surface area (Å²) in [6.07, 6.45) is 2.93. The predicted octanol–water partition coefficient (Wildman–Crippen LogP) is 2.70. The van der Waals surface area contributed by atoms with Gasteiger partial charge in [0.1, 0.15) is 11.7 Å². The summed E-state index contributed by atoms with van der Waals surface area (Å²) in [5, 5.41) is 10.4. The lowest BCUT2D eigenvalue weighted by molar-refractivity contribution is 0.284. The second kappa shape index (κ2) is 6.36. The van der Waals surface area contributed by atoms with Gasteiger partial charge in [0, 0.05) is 18.7 Å². The second-order valence-electron chi connectivity index (χ2n) is 6.51. The molecule has 1 saturated heterocycles. The molecule has 0 unspecified atom stereocenters. The van der Waals surface area contributed by atoms with Crippen molar-refractivity contribution in [2.24, 2.45) is 0 Å². The number of aromatic amines is 1. The van der Waals surface area contributed by atoms with Gasteiger partial charge < -0.3 is 8.94 Å². The SMILES string of the molecule is CC(C)c1noc([C@@H]2CCCN2S(=O)(=O)c2ccc(-c3ccn[nH]3)o2)n1. The average molecular weight is 377 g/mol. The van der Waals surface area contributed by atoms with E-state index in [1.54, 1.807) is 18.3 Å². The van der Waals surface area contributed by atoms with Crippen molar-refractivity contribution in [3.8, 4) is 11.5 Å². The van der Waals surface area contributed by atoms with E-state index in [2.05, 4.69) is 20.3 Å². The molecule has 3 aromatic rings. The first-order valence-electron chi connectivity index (χ1n) is 8.42. The Morgan fingerprint density at radius 2 is 2.15 bits per heavy atom. The zero-order valence-electron chi connectivity index (χ0n) is 14.4. The van der Waals surface area contributed by atoms with Crippen LogP contribution in [0.2, 0.25) is 0 Å². The van der Waals surface area contributed by atoms with Gasteiger partial charge in [0.25, 0.3) is 10.0 Å². The van der Waals surface area contributed by atoms with Crippen LogP contribution in [-0.2, 0) is 10.0 Å². The summed E-state index contributed by atoms with van der Waals surface area (Å²) in [4.78, 5) is 4.37. The maximum Gasteiger partial charge on any atom is 0.277 e. The van der Waals surface area contributed by atoms with E-state index in [0.29, 0.717) is 36.1 Å². The van der Waals surface area contributed by atoms with Crippen molar-refractivity contribution in [2.75, 3.05) is 6.54 Å². The summed E-state index contributed by atoms with van der Waals surface area (Å²) in [5.74, 6) is 1.43. The number of nitrogens with one attached hydrogen (secondary N) is 1. The third-order valence-electron chi connectivity index (χ3n) is 4.37. The second-order valence-corrected chi connectivity index (χ2v) is 8.33. The van der Waals surface area contributed by atoms with Crippen LogP contribution in [-0.4, -0.2) is 39.6 Å². The number of hydrogen-bond donors (Lipinski definition) is 1. The van der Waals surface area contributed by atoms with E-state index in [9.17, 15) is 8.42 Å². The highest BCUT2D eigenvalue weighted by Crippen LogP contribution is 2.37. The average Bonchev–Trinajstić information content (AvgIpc) is 3.42. The molecule has 0 aromatic carbocycles. The number of furan rings is 1. The molecule has 0 saturated carbocycles. The molecule has 3 aromatic heterocycles. The molecule has 26 heavy (non-hydrogen) atoms. The Kier molecular flexibility index (Phi) is 4.16. The van der Waals surface area contributed by atoms with E-state index in [4.69, 9.17) is 8.94 Å².